The molecule has 0 saturated heterocycles. The summed E-state index contributed by atoms with van der Waals surface area (Å²) in [7, 11) is 1.39. The topological polar surface area (TPSA) is 51.2 Å². The van der Waals surface area contributed by atoms with Crippen molar-refractivity contribution in [1.82, 2.24) is 10.3 Å². The SMILES string of the molecule is COC(=O)c1cccnc1CNCC1CC1(C)C. The molecule has 4 nitrogen and oxygen atoms in total. The van der Waals surface area contributed by atoms with Crippen LogP contribution in [0, 0.1) is 11.3 Å². The maximum absolute atomic E-state index is 11.6. The number of pyridine rings is 1. The van der Waals surface area contributed by atoms with Crippen molar-refractivity contribution in [2.45, 2.75) is 26.8 Å². The third-order valence-corrected chi connectivity index (χ3v) is 3.70. The number of rotatable bonds is 5. The van der Waals surface area contributed by atoms with Crippen molar-refractivity contribution in [3.05, 3.63) is 29.6 Å². The minimum absolute atomic E-state index is 0.327. The van der Waals surface area contributed by atoms with Gasteiger partial charge in [0.2, 0.25) is 0 Å². The first-order chi connectivity index (χ1) is 8.54. The summed E-state index contributed by atoms with van der Waals surface area (Å²) in [6.45, 7) is 6.14. The second-order valence-electron chi connectivity index (χ2n) is 5.51. The van der Waals surface area contributed by atoms with E-state index in [1.54, 1.807) is 18.3 Å². The molecule has 0 aliphatic heterocycles. The van der Waals surface area contributed by atoms with E-state index in [1.165, 1.54) is 13.5 Å². The van der Waals surface area contributed by atoms with Gasteiger partial charge in [-0.05, 0) is 36.4 Å². The van der Waals surface area contributed by atoms with Crippen LogP contribution in [0.1, 0.15) is 36.3 Å². The molecule has 18 heavy (non-hydrogen) atoms. The highest BCUT2D eigenvalue weighted by atomic mass is 16.5. The second kappa shape index (κ2) is 5.06. The van der Waals surface area contributed by atoms with Crippen LogP contribution in [0.15, 0.2) is 18.3 Å². The highest BCUT2D eigenvalue weighted by Crippen LogP contribution is 2.50. The molecule has 0 bridgehead atoms. The van der Waals surface area contributed by atoms with Gasteiger partial charge < -0.3 is 10.1 Å². The Labute approximate surface area is 108 Å². The molecule has 1 aromatic rings. The van der Waals surface area contributed by atoms with Gasteiger partial charge in [-0.15, -0.1) is 0 Å². The van der Waals surface area contributed by atoms with Crippen molar-refractivity contribution in [2.24, 2.45) is 11.3 Å². The summed E-state index contributed by atoms with van der Waals surface area (Å²) in [4.78, 5) is 15.8. The van der Waals surface area contributed by atoms with Crippen LogP contribution in [0.2, 0.25) is 0 Å². The number of hydrogen-bond acceptors (Lipinski definition) is 4. The van der Waals surface area contributed by atoms with E-state index in [-0.39, 0.29) is 5.97 Å². The third kappa shape index (κ3) is 2.88. The monoisotopic (exact) mass is 248 g/mol. The first kappa shape index (κ1) is 13.0. The van der Waals surface area contributed by atoms with Gasteiger partial charge in [-0.25, -0.2) is 4.79 Å². The minimum Gasteiger partial charge on any atom is -0.465 e. The van der Waals surface area contributed by atoms with Gasteiger partial charge in [0.15, 0.2) is 0 Å². The number of ether oxygens (including phenoxy) is 1. The van der Waals surface area contributed by atoms with Crippen LogP contribution in [0.4, 0.5) is 0 Å². The quantitative estimate of drug-likeness (QED) is 0.810. The van der Waals surface area contributed by atoms with Crippen LogP contribution < -0.4 is 5.32 Å². The second-order valence-corrected chi connectivity index (χ2v) is 5.51. The molecule has 1 N–H and O–H groups in total. The number of nitrogens with zero attached hydrogens (tertiary/aromatic N) is 1. The van der Waals surface area contributed by atoms with Gasteiger partial charge in [-0.2, -0.15) is 0 Å². The van der Waals surface area contributed by atoms with Crippen LogP contribution >= 0.6 is 0 Å². The molecule has 1 fully saturated rings. The Morgan fingerprint density at radius 3 is 2.94 bits per heavy atom. The first-order valence-corrected chi connectivity index (χ1v) is 6.27. The lowest BCUT2D eigenvalue weighted by Gasteiger charge is -2.08. The Morgan fingerprint density at radius 1 is 1.61 bits per heavy atom. The van der Waals surface area contributed by atoms with Crippen LogP contribution in [-0.2, 0) is 11.3 Å². The van der Waals surface area contributed by atoms with E-state index in [0.717, 1.165) is 18.2 Å². The van der Waals surface area contributed by atoms with Gasteiger partial charge in [0.1, 0.15) is 0 Å². The lowest BCUT2D eigenvalue weighted by atomic mass is 10.1. The molecule has 0 aromatic carbocycles. The Hall–Kier alpha value is -1.42. The Balaban J connectivity index is 1.91. The molecule has 1 aliphatic carbocycles. The van der Waals surface area contributed by atoms with Crippen LogP contribution in [0.5, 0.6) is 0 Å². The van der Waals surface area contributed by atoms with E-state index in [2.05, 4.69) is 24.1 Å². The number of hydrogen-bond donors (Lipinski definition) is 1. The maximum atomic E-state index is 11.6. The van der Waals surface area contributed by atoms with E-state index in [0.29, 0.717) is 17.5 Å². The maximum Gasteiger partial charge on any atom is 0.339 e. The molecular weight excluding hydrogens is 228 g/mol. The zero-order valence-electron chi connectivity index (χ0n) is 11.2. The average molecular weight is 248 g/mol. The Morgan fingerprint density at radius 2 is 2.33 bits per heavy atom. The predicted octanol–water partition coefficient (Wildman–Crippen LogP) is 2.00. The van der Waals surface area contributed by atoms with Crippen molar-refractivity contribution in [3.8, 4) is 0 Å². The van der Waals surface area contributed by atoms with Crippen LogP contribution in [0.25, 0.3) is 0 Å². The average Bonchev–Trinajstić information content (AvgIpc) is 2.97. The van der Waals surface area contributed by atoms with E-state index in [1.807, 2.05) is 0 Å². The number of nitrogens with one attached hydrogen (secondary N) is 1. The summed E-state index contributed by atoms with van der Waals surface area (Å²) in [5.41, 5.74) is 1.77. The summed E-state index contributed by atoms with van der Waals surface area (Å²) < 4.78 is 4.74. The van der Waals surface area contributed by atoms with E-state index < -0.39 is 0 Å². The molecule has 2 rings (SSSR count). The van der Waals surface area contributed by atoms with E-state index >= 15 is 0 Å². The zero-order chi connectivity index (χ0) is 13.2. The molecule has 1 aromatic heterocycles. The number of esters is 1. The molecule has 1 atom stereocenters. The van der Waals surface area contributed by atoms with Gasteiger partial charge in [-0.1, -0.05) is 13.8 Å². The Kier molecular flexibility index (Phi) is 3.66. The van der Waals surface area contributed by atoms with Crippen molar-refractivity contribution in [3.63, 3.8) is 0 Å². The van der Waals surface area contributed by atoms with E-state index in [4.69, 9.17) is 4.74 Å². The molecule has 1 aliphatic rings. The molecule has 0 amide bonds. The summed E-state index contributed by atoms with van der Waals surface area (Å²) >= 11 is 0. The largest absolute Gasteiger partial charge is 0.465 e. The van der Waals surface area contributed by atoms with Crippen LogP contribution in [-0.4, -0.2) is 24.6 Å². The molecule has 1 saturated carbocycles. The highest BCUT2D eigenvalue weighted by molar-refractivity contribution is 5.90. The predicted molar refractivity (Wildman–Crippen MR) is 69.2 cm³/mol. The summed E-state index contributed by atoms with van der Waals surface area (Å²) in [6, 6.07) is 3.50. The van der Waals surface area contributed by atoms with Crippen molar-refractivity contribution < 1.29 is 9.53 Å². The van der Waals surface area contributed by atoms with Gasteiger partial charge in [0, 0.05) is 12.7 Å². The fourth-order valence-electron chi connectivity index (χ4n) is 2.16. The highest BCUT2D eigenvalue weighted by Gasteiger charge is 2.44. The lowest BCUT2D eigenvalue weighted by Crippen LogP contribution is -2.21. The molecule has 0 radical (unpaired) electrons. The van der Waals surface area contributed by atoms with Crippen molar-refractivity contribution in [2.75, 3.05) is 13.7 Å². The summed E-state index contributed by atoms with van der Waals surface area (Å²) in [5, 5.41) is 3.37. The molecule has 98 valence electrons. The standard InChI is InChI=1S/C14H20N2O2/c1-14(2)7-10(14)8-15-9-12-11(13(17)18-3)5-4-6-16-12/h4-6,10,15H,7-9H2,1-3H3. The van der Waals surface area contributed by atoms with Crippen molar-refractivity contribution >= 4 is 5.97 Å². The normalized spacial score (nSPS) is 20.5. The Bertz CT molecular complexity index is 443. The molecular formula is C14H20N2O2. The number of carbonyl (C=O) groups excluding carboxylic acids is 1. The van der Waals surface area contributed by atoms with Gasteiger partial charge in [0.25, 0.3) is 0 Å². The molecule has 0 spiro atoms. The lowest BCUT2D eigenvalue weighted by molar-refractivity contribution is 0.0598. The van der Waals surface area contributed by atoms with Gasteiger partial charge >= 0.3 is 5.97 Å². The summed E-state index contributed by atoms with van der Waals surface area (Å²) in [5.74, 6) is 0.412. The molecule has 1 unspecified atom stereocenters. The van der Waals surface area contributed by atoms with Crippen molar-refractivity contribution in [1.29, 1.82) is 0 Å². The zero-order valence-corrected chi connectivity index (χ0v) is 11.2. The first-order valence-electron chi connectivity index (χ1n) is 6.27. The number of carbonyl (C=O) groups is 1. The number of methoxy groups -OCH3 is 1. The minimum atomic E-state index is -0.327. The van der Waals surface area contributed by atoms with E-state index in [9.17, 15) is 4.79 Å². The molecule has 1 heterocycles. The fraction of sp³-hybridized carbons (Fsp3) is 0.571. The van der Waals surface area contributed by atoms with Crippen LogP contribution in [0.3, 0.4) is 0 Å². The van der Waals surface area contributed by atoms with Gasteiger partial charge in [-0.3, -0.25) is 4.98 Å². The fourth-order valence-corrected chi connectivity index (χ4v) is 2.16. The third-order valence-electron chi connectivity index (χ3n) is 3.70. The van der Waals surface area contributed by atoms with Gasteiger partial charge in [0.05, 0.1) is 18.4 Å². The molecule has 4 heteroatoms. The summed E-state index contributed by atoms with van der Waals surface area (Å²) in [6.07, 6.45) is 2.97. The smallest absolute Gasteiger partial charge is 0.339 e. The number of aromatic nitrogens is 1.